The number of anilines is 1. The maximum atomic E-state index is 14.6. The number of carbonyl (C=O) groups excluding carboxylic acids is 2. The first-order chi connectivity index (χ1) is 22.5. The molecule has 0 aromatic heterocycles. The number of amides is 2. The Bertz CT molecular complexity index is 1730. The molecular formula is C37H43N3O6S. The summed E-state index contributed by atoms with van der Waals surface area (Å²) in [6, 6.07) is 28.9. The molecule has 248 valence electrons. The highest BCUT2D eigenvalue weighted by Gasteiger charge is 2.35. The first kappa shape index (κ1) is 35.0. The third-order valence-corrected chi connectivity index (χ3v) is 9.48. The summed E-state index contributed by atoms with van der Waals surface area (Å²) in [6.45, 7) is 5.92. The van der Waals surface area contributed by atoms with Gasteiger partial charge < -0.3 is 19.7 Å². The molecule has 0 radical (unpaired) electrons. The number of methoxy groups -OCH3 is 2. The molecule has 0 aliphatic rings. The van der Waals surface area contributed by atoms with Crippen LogP contribution in [-0.2, 0) is 32.6 Å². The first-order valence-corrected chi connectivity index (χ1v) is 16.9. The average Bonchev–Trinajstić information content (AvgIpc) is 3.08. The van der Waals surface area contributed by atoms with Crippen LogP contribution < -0.4 is 19.1 Å². The summed E-state index contributed by atoms with van der Waals surface area (Å²) in [7, 11) is -1.30. The number of hydrogen-bond acceptors (Lipinski definition) is 6. The van der Waals surface area contributed by atoms with Crippen LogP contribution in [0.4, 0.5) is 5.69 Å². The average molecular weight is 658 g/mol. The molecule has 0 aliphatic heterocycles. The van der Waals surface area contributed by atoms with E-state index < -0.39 is 28.5 Å². The van der Waals surface area contributed by atoms with Crippen molar-refractivity contribution in [3.63, 3.8) is 0 Å². The molecule has 2 amide bonds. The lowest BCUT2D eigenvalue weighted by molar-refractivity contribution is -0.140. The highest BCUT2D eigenvalue weighted by Crippen LogP contribution is 2.34. The minimum absolute atomic E-state index is 0.0168. The van der Waals surface area contributed by atoms with E-state index in [0.29, 0.717) is 18.0 Å². The lowest BCUT2D eigenvalue weighted by Crippen LogP contribution is -2.53. The molecule has 0 aliphatic carbocycles. The molecule has 0 saturated heterocycles. The standard InChI is InChI=1S/C37H43N3O6S/c1-27(2)24-38-37(42)33(22-29-12-8-6-9-13-29)39(25-30-18-16-28(3)17-19-30)36(41)26-40(47(43,44)32-14-10-7-11-15-32)31-20-21-34(45-4)35(23-31)46-5/h6-21,23,27,33H,22,24-26H2,1-5H3,(H,38,42)/t33-/m0/s1. The second-order valence-electron chi connectivity index (χ2n) is 11.7. The molecule has 4 rings (SSSR count). The van der Waals surface area contributed by atoms with Gasteiger partial charge in [0.25, 0.3) is 10.0 Å². The van der Waals surface area contributed by atoms with E-state index in [9.17, 15) is 18.0 Å². The van der Waals surface area contributed by atoms with Gasteiger partial charge in [-0.2, -0.15) is 0 Å². The number of benzene rings is 4. The Balaban J connectivity index is 1.82. The number of carbonyl (C=O) groups is 2. The predicted octanol–water partition coefficient (Wildman–Crippen LogP) is 5.62. The van der Waals surface area contributed by atoms with Crippen molar-refractivity contribution in [2.45, 2.75) is 44.7 Å². The zero-order chi connectivity index (χ0) is 34.0. The fourth-order valence-electron chi connectivity index (χ4n) is 5.10. The number of rotatable bonds is 15. The van der Waals surface area contributed by atoms with Crippen LogP contribution >= 0.6 is 0 Å². The van der Waals surface area contributed by atoms with Crippen LogP contribution in [0.5, 0.6) is 11.5 Å². The van der Waals surface area contributed by atoms with E-state index in [1.165, 1.54) is 37.3 Å². The Morgan fingerprint density at radius 1 is 0.787 bits per heavy atom. The van der Waals surface area contributed by atoms with Gasteiger partial charge in [-0.3, -0.25) is 13.9 Å². The summed E-state index contributed by atoms with van der Waals surface area (Å²) in [4.78, 5) is 30.0. The van der Waals surface area contributed by atoms with Crippen LogP contribution in [0.25, 0.3) is 0 Å². The molecule has 0 spiro atoms. The number of nitrogens with one attached hydrogen (secondary N) is 1. The van der Waals surface area contributed by atoms with Crippen molar-refractivity contribution in [1.82, 2.24) is 10.2 Å². The van der Waals surface area contributed by atoms with Crippen LogP contribution in [0.15, 0.2) is 108 Å². The molecule has 1 atom stereocenters. The van der Waals surface area contributed by atoms with Gasteiger partial charge in [-0.15, -0.1) is 0 Å². The number of nitrogens with zero attached hydrogens (tertiary/aromatic N) is 2. The van der Waals surface area contributed by atoms with E-state index in [2.05, 4.69) is 5.32 Å². The van der Waals surface area contributed by atoms with Gasteiger partial charge in [0.1, 0.15) is 12.6 Å². The summed E-state index contributed by atoms with van der Waals surface area (Å²) >= 11 is 0. The minimum atomic E-state index is -4.24. The van der Waals surface area contributed by atoms with Crippen LogP contribution in [-0.4, -0.2) is 58.5 Å². The SMILES string of the molecule is COc1ccc(N(CC(=O)N(Cc2ccc(C)cc2)[C@@H](Cc2ccccc2)C(=O)NCC(C)C)S(=O)(=O)c2ccccc2)cc1OC. The Kier molecular flexibility index (Phi) is 12.0. The second-order valence-corrected chi connectivity index (χ2v) is 13.6. The van der Waals surface area contributed by atoms with Gasteiger partial charge in [-0.05, 0) is 48.2 Å². The smallest absolute Gasteiger partial charge is 0.264 e. The number of sulfonamides is 1. The molecule has 4 aromatic carbocycles. The van der Waals surface area contributed by atoms with Gasteiger partial charge in [0.15, 0.2) is 11.5 Å². The van der Waals surface area contributed by atoms with E-state index >= 15 is 0 Å². The van der Waals surface area contributed by atoms with Crippen molar-refractivity contribution in [3.8, 4) is 11.5 Å². The van der Waals surface area contributed by atoms with Gasteiger partial charge in [0, 0.05) is 25.6 Å². The Labute approximate surface area is 278 Å². The van der Waals surface area contributed by atoms with Crippen LogP contribution in [0.2, 0.25) is 0 Å². The maximum absolute atomic E-state index is 14.6. The molecule has 0 saturated carbocycles. The maximum Gasteiger partial charge on any atom is 0.264 e. The van der Waals surface area contributed by atoms with E-state index in [4.69, 9.17) is 9.47 Å². The van der Waals surface area contributed by atoms with E-state index in [1.807, 2.05) is 75.4 Å². The van der Waals surface area contributed by atoms with Crippen molar-refractivity contribution < 1.29 is 27.5 Å². The zero-order valence-electron chi connectivity index (χ0n) is 27.6. The molecule has 10 heteroatoms. The van der Waals surface area contributed by atoms with E-state index in [1.54, 1.807) is 30.3 Å². The Hall–Kier alpha value is -4.83. The summed E-state index contributed by atoms with van der Waals surface area (Å²) in [5.74, 6) is 0.0452. The summed E-state index contributed by atoms with van der Waals surface area (Å²) < 4.78 is 40.3. The molecule has 0 heterocycles. The lowest BCUT2D eigenvalue weighted by atomic mass is 10.0. The molecule has 9 nitrogen and oxygen atoms in total. The third kappa shape index (κ3) is 9.13. The van der Waals surface area contributed by atoms with Gasteiger partial charge in [0.05, 0.1) is 24.8 Å². The minimum Gasteiger partial charge on any atom is -0.493 e. The topological polar surface area (TPSA) is 105 Å². The monoisotopic (exact) mass is 657 g/mol. The Morgan fingerprint density at radius 2 is 1.40 bits per heavy atom. The molecular weight excluding hydrogens is 614 g/mol. The van der Waals surface area contributed by atoms with Gasteiger partial charge >= 0.3 is 0 Å². The zero-order valence-corrected chi connectivity index (χ0v) is 28.4. The molecule has 4 aromatic rings. The van der Waals surface area contributed by atoms with Crippen LogP contribution in [0.3, 0.4) is 0 Å². The van der Waals surface area contributed by atoms with Gasteiger partial charge in [-0.25, -0.2) is 8.42 Å². The highest BCUT2D eigenvalue weighted by atomic mass is 32.2. The third-order valence-electron chi connectivity index (χ3n) is 7.69. The normalized spacial score (nSPS) is 11.9. The lowest BCUT2D eigenvalue weighted by Gasteiger charge is -2.34. The molecule has 0 fully saturated rings. The summed E-state index contributed by atoms with van der Waals surface area (Å²) in [5.41, 5.74) is 2.93. The summed E-state index contributed by atoms with van der Waals surface area (Å²) in [6.07, 6.45) is 0.240. The van der Waals surface area contributed by atoms with Crippen molar-refractivity contribution in [1.29, 1.82) is 0 Å². The molecule has 1 N–H and O–H groups in total. The fourth-order valence-corrected chi connectivity index (χ4v) is 6.52. The quantitative estimate of drug-likeness (QED) is 0.178. The fraction of sp³-hybridized carbons (Fsp3) is 0.297. The first-order valence-electron chi connectivity index (χ1n) is 15.5. The number of hydrogen-bond donors (Lipinski definition) is 1. The van der Waals surface area contributed by atoms with Crippen LogP contribution in [0, 0.1) is 12.8 Å². The van der Waals surface area contributed by atoms with Crippen molar-refractivity contribution in [3.05, 3.63) is 120 Å². The predicted molar refractivity (Wildman–Crippen MR) is 184 cm³/mol. The Morgan fingerprint density at radius 3 is 2.00 bits per heavy atom. The second kappa shape index (κ2) is 16.1. The molecule has 0 unspecified atom stereocenters. The van der Waals surface area contributed by atoms with Crippen molar-refractivity contribution >= 4 is 27.5 Å². The number of ether oxygens (including phenoxy) is 2. The van der Waals surface area contributed by atoms with Gasteiger partial charge in [-0.1, -0.05) is 92.2 Å². The van der Waals surface area contributed by atoms with Crippen LogP contribution in [0.1, 0.15) is 30.5 Å². The molecule has 47 heavy (non-hydrogen) atoms. The summed E-state index contributed by atoms with van der Waals surface area (Å²) in [5, 5.41) is 3.01. The van der Waals surface area contributed by atoms with E-state index in [-0.39, 0.29) is 35.4 Å². The van der Waals surface area contributed by atoms with Crippen molar-refractivity contribution in [2.24, 2.45) is 5.92 Å². The van der Waals surface area contributed by atoms with E-state index in [0.717, 1.165) is 21.0 Å². The van der Waals surface area contributed by atoms with Crippen molar-refractivity contribution in [2.75, 3.05) is 31.6 Å². The highest BCUT2D eigenvalue weighted by molar-refractivity contribution is 7.92. The molecule has 0 bridgehead atoms. The number of aryl methyl sites for hydroxylation is 1. The largest absolute Gasteiger partial charge is 0.493 e. The van der Waals surface area contributed by atoms with Gasteiger partial charge in [0.2, 0.25) is 11.8 Å².